The summed E-state index contributed by atoms with van der Waals surface area (Å²) in [6.07, 6.45) is 7.13. The number of carbonyl (C=O) groups is 2. The zero-order valence-corrected chi connectivity index (χ0v) is 23.1. The van der Waals surface area contributed by atoms with E-state index >= 15 is 0 Å². The van der Waals surface area contributed by atoms with E-state index in [2.05, 4.69) is 11.9 Å². The second-order valence-corrected chi connectivity index (χ2v) is 10.2. The number of ether oxygens (including phenoxy) is 3. The van der Waals surface area contributed by atoms with Crippen molar-refractivity contribution in [3.05, 3.63) is 88.8 Å². The molecule has 3 aromatic rings. The summed E-state index contributed by atoms with van der Waals surface area (Å²) in [5, 5.41) is 11.5. The molecule has 2 aliphatic rings. The van der Waals surface area contributed by atoms with E-state index in [4.69, 9.17) is 14.2 Å². The molecular weight excluding hydrogens is 508 g/mol. The summed E-state index contributed by atoms with van der Waals surface area (Å²) in [5.41, 5.74) is 2.83. The number of aromatic nitrogens is 1. The van der Waals surface area contributed by atoms with Gasteiger partial charge in [0.2, 0.25) is 0 Å². The van der Waals surface area contributed by atoms with Crippen LogP contribution in [0.3, 0.4) is 0 Å². The average Bonchev–Trinajstić information content (AvgIpc) is 3.46. The number of carbonyl (C=O) groups excluding carboxylic acids is 2. The number of rotatable bonds is 10. The van der Waals surface area contributed by atoms with Crippen LogP contribution < -0.4 is 14.2 Å². The maximum Gasteiger partial charge on any atom is 0.295 e. The normalized spacial score (nSPS) is 19.4. The van der Waals surface area contributed by atoms with Crippen molar-refractivity contribution in [3.63, 3.8) is 0 Å². The van der Waals surface area contributed by atoms with Crippen LogP contribution in [-0.4, -0.2) is 46.5 Å². The minimum Gasteiger partial charge on any atom is -0.507 e. The second-order valence-electron chi connectivity index (χ2n) is 10.2. The standard InChI is InChI=1S/C32H34N2O6/c1-4-5-6-14-39-26-12-9-22(17-27(26)38-3)29-28(30(35)23-10-11-25-24(16-23)15-20(2)40-25)31(36)32(37)34(29)19-21-8-7-13-33-18-21/h7-13,16-18,20,29,35H,4-6,14-15,19H2,1-3H3. The van der Waals surface area contributed by atoms with Gasteiger partial charge in [0, 0.05) is 30.9 Å². The number of likely N-dealkylation sites (tertiary alicyclic amines) is 1. The lowest BCUT2D eigenvalue weighted by atomic mass is 9.94. The number of hydrogen-bond donors (Lipinski definition) is 1. The third kappa shape index (κ3) is 5.39. The molecule has 2 aliphatic heterocycles. The lowest BCUT2D eigenvalue weighted by Gasteiger charge is -2.26. The summed E-state index contributed by atoms with van der Waals surface area (Å²) in [5.74, 6) is 0.182. The molecule has 8 nitrogen and oxygen atoms in total. The van der Waals surface area contributed by atoms with Gasteiger partial charge < -0.3 is 24.2 Å². The van der Waals surface area contributed by atoms with Crippen molar-refractivity contribution in [1.29, 1.82) is 0 Å². The Kier molecular flexibility index (Phi) is 8.05. The predicted molar refractivity (Wildman–Crippen MR) is 150 cm³/mol. The molecule has 0 spiro atoms. The molecule has 2 atom stereocenters. The number of hydrogen-bond acceptors (Lipinski definition) is 7. The smallest absolute Gasteiger partial charge is 0.295 e. The molecular formula is C32H34N2O6. The predicted octanol–water partition coefficient (Wildman–Crippen LogP) is 5.60. The highest BCUT2D eigenvalue weighted by Crippen LogP contribution is 2.43. The zero-order valence-electron chi connectivity index (χ0n) is 23.1. The highest BCUT2D eigenvalue weighted by Gasteiger charge is 2.46. The average molecular weight is 543 g/mol. The molecule has 0 radical (unpaired) electrons. The number of methoxy groups -OCH3 is 1. The molecule has 1 saturated heterocycles. The summed E-state index contributed by atoms with van der Waals surface area (Å²) >= 11 is 0. The molecule has 40 heavy (non-hydrogen) atoms. The van der Waals surface area contributed by atoms with Gasteiger partial charge in [-0.3, -0.25) is 14.6 Å². The number of amides is 1. The number of pyridine rings is 1. The summed E-state index contributed by atoms with van der Waals surface area (Å²) in [6, 6.07) is 13.5. The van der Waals surface area contributed by atoms with E-state index in [-0.39, 0.29) is 24.0 Å². The number of benzene rings is 2. The van der Waals surface area contributed by atoms with Gasteiger partial charge >= 0.3 is 0 Å². The first-order valence-electron chi connectivity index (χ1n) is 13.7. The second kappa shape index (κ2) is 11.8. The Morgan fingerprint density at radius 2 is 1.98 bits per heavy atom. The monoisotopic (exact) mass is 542 g/mol. The molecule has 1 fully saturated rings. The number of unbranched alkanes of at least 4 members (excludes halogenated alkanes) is 2. The third-order valence-corrected chi connectivity index (χ3v) is 7.29. The molecule has 2 unspecified atom stereocenters. The zero-order chi connectivity index (χ0) is 28.2. The molecule has 0 bridgehead atoms. The van der Waals surface area contributed by atoms with Crippen LogP contribution in [0.2, 0.25) is 0 Å². The molecule has 1 aromatic heterocycles. The van der Waals surface area contributed by atoms with Gasteiger partial charge in [0.1, 0.15) is 17.6 Å². The first-order valence-corrected chi connectivity index (χ1v) is 13.7. The Morgan fingerprint density at radius 3 is 2.73 bits per heavy atom. The summed E-state index contributed by atoms with van der Waals surface area (Å²) in [6.45, 7) is 4.82. The fourth-order valence-corrected chi connectivity index (χ4v) is 5.31. The molecule has 0 aliphatic carbocycles. The van der Waals surface area contributed by atoms with Crippen LogP contribution in [0.15, 0.2) is 66.5 Å². The van der Waals surface area contributed by atoms with Gasteiger partial charge in [-0.1, -0.05) is 31.9 Å². The highest BCUT2D eigenvalue weighted by atomic mass is 16.5. The van der Waals surface area contributed by atoms with Gasteiger partial charge in [-0.25, -0.2) is 0 Å². The van der Waals surface area contributed by atoms with Crippen LogP contribution in [-0.2, 0) is 22.6 Å². The van der Waals surface area contributed by atoms with E-state index in [1.54, 1.807) is 49.8 Å². The van der Waals surface area contributed by atoms with Crippen LogP contribution >= 0.6 is 0 Å². The van der Waals surface area contributed by atoms with Gasteiger partial charge in [-0.2, -0.15) is 0 Å². The van der Waals surface area contributed by atoms with Crippen molar-refractivity contribution in [2.45, 2.75) is 58.2 Å². The number of aliphatic hydroxyl groups excluding tert-OH is 1. The van der Waals surface area contributed by atoms with Crippen molar-refractivity contribution in [3.8, 4) is 17.2 Å². The van der Waals surface area contributed by atoms with Crippen molar-refractivity contribution < 1.29 is 28.9 Å². The minimum absolute atomic E-state index is 0.0273. The fourth-order valence-electron chi connectivity index (χ4n) is 5.31. The van der Waals surface area contributed by atoms with Crippen molar-refractivity contribution >= 4 is 17.4 Å². The van der Waals surface area contributed by atoms with Crippen LogP contribution in [0.4, 0.5) is 0 Å². The van der Waals surface area contributed by atoms with Crippen molar-refractivity contribution in [1.82, 2.24) is 9.88 Å². The highest BCUT2D eigenvalue weighted by molar-refractivity contribution is 6.46. The molecule has 0 saturated carbocycles. The molecule has 8 heteroatoms. The van der Waals surface area contributed by atoms with E-state index < -0.39 is 17.7 Å². The summed E-state index contributed by atoms with van der Waals surface area (Å²) < 4.78 is 17.4. The molecule has 2 aromatic carbocycles. The fraction of sp³-hybridized carbons (Fsp3) is 0.344. The van der Waals surface area contributed by atoms with Gasteiger partial charge in [0.15, 0.2) is 11.5 Å². The Labute approximate surface area is 234 Å². The van der Waals surface area contributed by atoms with Gasteiger partial charge in [-0.05, 0) is 66.4 Å². The number of Topliss-reactive ketones (excluding diaryl/α,β-unsaturated/α-hetero) is 1. The van der Waals surface area contributed by atoms with Crippen molar-refractivity contribution in [2.24, 2.45) is 0 Å². The van der Waals surface area contributed by atoms with Crippen LogP contribution in [0.1, 0.15) is 61.4 Å². The quantitative estimate of drug-likeness (QED) is 0.154. The number of fused-ring (bicyclic) bond motifs is 1. The van der Waals surface area contributed by atoms with Gasteiger partial charge in [-0.15, -0.1) is 0 Å². The summed E-state index contributed by atoms with van der Waals surface area (Å²) in [4.78, 5) is 32.6. The van der Waals surface area contributed by atoms with Gasteiger partial charge in [0.25, 0.3) is 11.7 Å². The maximum absolute atomic E-state index is 13.5. The third-order valence-electron chi connectivity index (χ3n) is 7.29. The Morgan fingerprint density at radius 1 is 1.12 bits per heavy atom. The topological polar surface area (TPSA) is 98.2 Å². The summed E-state index contributed by atoms with van der Waals surface area (Å²) in [7, 11) is 1.55. The van der Waals surface area contributed by atoms with Crippen molar-refractivity contribution in [2.75, 3.05) is 13.7 Å². The van der Waals surface area contributed by atoms with E-state index in [0.29, 0.717) is 35.7 Å². The van der Waals surface area contributed by atoms with Crippen LogP contribution in [0.25, 0.3) is 5.76 Å². The van der Waals surface area contributed by atoms with E-state index in [1.807, 2.05) is 25.1 Å². The molecule has 1 amide bonds. The minimum atomic E-state index is -0.841. The Hall–Kier alpha value is -4.33. The first-order chi connectivity index (χ1) is 19.4. The number of nitrogens with zero attached hydrogens (tertiary/aromatic N) is 2. The van der Waals surface area contributed by atoms with Gasteiger partial charge in [0.05, 0.1) is 25.3 Å². The molecule has 208 valence electrons. The molecule has 1 N–H and O–H groups in total. The number of aliphatic hydroxyl groups is 1. The SMILES string of the molecule is CCCCCOc1ccc(C2C(=C(O)c3ccc4c(c3)CC(C)O4)C(=O)C(=O)N2Cc2cccnc2)cc1OC. The Bertz CT molecular complexity index is 1430. The van der Waals surface area contributed by atoms with E-state index in [0.717, 1.165) is 36.1 Å². The molecule has 3 heterocycles. The van der Waals surface area contributed by atoms with E-state index in [1.165, 1.54) is 4.90 Å². The maximum atomic E-state index is 13.5. The van der Waals surface area contributed by atoms with Crippen LogP contribution in [0, 0.1) is 0 Å². The lowest BCUT2D eigenvalue weighted by molar-refractivity contribution is -0.140. The van der Waals surface area contributed by atoms with Crippen LogP contribution in [0.5, 0.6) is 17.2 Å². The Balaban J connectivity index is 1.58. The first kappa shape index (κ1) is 27.2. The largest absolute Gasteiger partial charge is 0.507 e. The lowest BCUT2D eigenvalue weighted by Crippen LogP contribution is -2.29. The number of ketones is 1. The molecule has 5 rings (SSSR count). The van der Waals surface area contributed by atoms with E-state index in [9.17, 15) is 14.7 Å².